The Labute approximate surface area is 169 Å². The first-order chi connectivity index (χ1) is 14.0. The van der Waals surface area contributed by atoms with E-state index in [0.29, 0.717) is 44.1 Å². The van der Waals surface area contributed by atoms with Crippen LogP contribution in [0.1, 0.15) is 0 Å². The number of carbonyl (C=O) groups is 1. The Bertz CT molecular complexity index is 1290. The van der Waals surface area contributed by atoms with Crippen molar-refractivity contribution >= 4 is 45.1 Å². The zero-order valence-electron chi connectivity index (χ0n) is 15.6. The lowest BCUT2D eigenvalue weighted by molar-refractivity contribution is -0.116. The number of nitrogens with zero attached hydrogens (tertiary/aromatic N) is 2. The number of hydrogen-bond acceptors (Lipinski definition) is 6. The Morgan fingerprint density at radius 2 is 1.93 bits per heavy atom. The number of nitrogens with one attached hydrogen (secondary N) is 1. The molecule has 4 rings (SSSR count). The van der Waals surface area contributed by atoms with Gasteiger partial charge in [0.25, 0.3) is 0 Å². The molecule has 2 heterocycles. The van der Waals surface area contributed by atoms with Gasteiger partial charge in [-0.15, -0.1) is 0 Å². The smallest absolute Gasteiger partial charge is 0.347 e. The lowest BCUT2D eigenvalue weighted by Gasteiger charge is -2.13. The Morgan fingerprint density at radius 3 is 2.69 bits per heavy atom. The van der Waals surface area contributed by atoms with Gasteiger partial charge in [-0.05, 0) is 18.2 Å². The largest absolute Gasteiger partial charge is 0.495 e. The molecule has 9 heteroatoms. The molecule has 1 N–H and O–H groups in total. The lowest BCUT2D eigenvalue weighted by Crippen LogP contribution is -2.20. The molecular formula is C20H16ClN3O5. The second-order valence-corrected chi connectivity index (χ2v) is 6.59. The van der Waals surface area contributed by atoms with E-state index in [1.807, 2.05) is 12.1 Å². The fourth-order valence-corrected chi connectivity index (χ4v) is 3.37. The molecule has 2 aromatic heterocycles. The molecule has 0 aliphatic carbocycles. The molecule has 0 fully saturated rings. The van der Waals surface area contributed by atoms with E-state index < -0.39 is 5.63 Å². The van der Waals surface area contributed by atoms with Gasteiger partial charge in [0, 0.05) is 11.5 Å². The summed E-state index contributed by atoms with van der Waals surface area (Å²) in [5.41, 5.74) is 0.848. The average Bonchev–Trinajstić information content (AvgIpc) is 3.13. The SMILES string of the molecule is COc1cc(OC)c(NC(=O)Cn2ncc3c(=O)oc4ccccc4c32)cc1Cl. The summed E-state index contributed by atoms with van der Waals surface area (Å²) in [4.78, 5) is 24.9. The second kappa shape index (κ2) is 7.48. The van der Waals surface area contributed by atoms with Gasteiger partial charge in [0.05, 0.1) is 36.6 Å². The number of methoxy groups -OCH3 is 2. The number of ether oxygens (including phenoxy) is 2. The van der Waals surface area contributed by atoms with Crippen LogP contribution in [0, 0.1) is 0 Å². The average molecular weight is 414 g/mol. The van der Waals surface area contributed by atoms with Crippen molar-refractivity contribution in [3.8, 4) is 11.5 Å². The van der Waals surface area contributed by atoms with E-state index in [-0.39, 0.29) is 12.5 Å². The first-order valence-electron chi connectivity index (χ1n) is 8.60. The third kappa shape index (κ3) is 3.38. The monoisotopic (exact) mass is 413 g/mol. The maximum atomic E-state index is 12.7. The normalized spacial score (nSPS) is 11.0. The molecule has 0 spiro atoms. The van der Waals surface area contributed by atoms with Gasteiger partial charge >= 0.3 is 5.63 Å². The molecule has 0 bridgehead atoms. The molecule has 0 atom stereocenters. The van der Waals surface area contributed by atoms with E-state index in [0.717, 1.165) is 0 Å². The highest BCUT2D eigenvalue weighted by Crippen LogP contribution is 2.36. The number of amides is 1. The van der Waals surface area contributed by atoms with Gasteiger partial charge in [-0.3, -0.25) is 9.48 Å². The van der Waals surface area contributed by atoms with Crippen molar-refractivity contribution in [3.63, 3.8) is 0 Å². The van der Waals surface area contributed by atoms with E-state index in [9.17, 15) is 9.59 Å². The minimum absolute atomic E-state index is 0.121. The lowest BCUT2D eigenvalue weighted by atomic mass is 10.2. The first kappa shape index (κ1) is 18.8. The fraction of sp³-hybridized carbons (Fsp3) is 0.150. The molecule has 0 aliphatic heterocycles. The Morgan fingerprint density at radius 1 is 1.17 bits per heavy atom. The molecule has 8 nitrogen and oxygen atoms in total. The minimum Gasteiger partial charge on any atom is -0.495 e. The molecule has 29 heavy (non-hydrogen) atoms. The molecule has 0 aliphatic rings. The quantitative estimate of drug-likeness (QED) is 0.503. The van der Waals surface area contributed by atoms with Gasteiger partial charge in [0.1, 0.15) is 29.0 Å². The number of halogens is 1. The molecule has 0 saturated carbocycles. The summed E-state index contributed by atoms with van der Waals surface area (Å²) >= 11 is 6.15. The Kier molecular flexibility index (Phi) is 4.85. The van der Waals surface area contributed by atoms with E-state index in [2.05, 4.69) is 10.4 Å². The van der Waals surface area contributed by atoms with Crippen LogP contribution in [0.15, 0.2) is 51.8 Å². The van der Waals surface area contributed by atoms with Crippen LogP contribution in [0.2, 0.25) is 5.02 Å². The maximum Gasteiger partial charge on any atom is 0.347 e. The van der Waals surface area contributed by atoms with E-state index in [4.69, 9.17) is 25.5 Å². The van der Waals surface area contributed by atoms with Crippen LogP contribution in [0.5, 0.6) is 11.5 Å². The number of para-hydroxylation sites is 1. The number of benzene rings is 2. The molecule has 0 saturated heterocycles. The molecule has 1 amide bonds. The summed E-state index contributed by atoms with van der Waals surface area (Å²) in [6.07, 6.45) is 1.39. The molecule has 148 valence electrons. The third-order valence-electron chi connectivity index (χ3n) is 4.45. The van der Waals surface area contributed by atoms with Gasteiger partial charge in [-0.1, -0.05) is 23.7 Å². The molecule has 4 aromatic rings. The van der Waals surface area contributed by atoms with E-state index >= 15 is 0 Å². The van der Waals surface area contributed by atoms with Crippen molar-refractivity contribution in [1.29, 1.82) is 0 Å². The summed E-state index contributed by atoms with van der Waals surface area (Å²) in [6.45, 7) is -0.121. The maximum absolute atomic E-state index is 12.7. The van der Waals surface area contributed by atoms with Gasteiger partial charge < -0.3 is 19.2 Å². The van der Waals surface area contributed by atoms with Crippen LogP contribution in [0.4, 0.5) is 5.69 Å². The van der Waals surface area contributed by atoms with E-state index in [1.165, 1.54) is 25.1 Å². The predicted octanol–water partition coefficient (Wildman–Crippen LogP) is 3.45. The fourth-order valence-electron chi connectivity index (χ4n) is 3.13. The number of aromatic nitrogens is 2. The Hall–Kier alpha value is -3.52. The van der Waals surface area contributed by atoms with Crippen LogP contribution in [-0.4, -0.2) is 29.9 Å². The van der Waals surface area contributed by atoms with Crippen molar-refractivity contribution in [2.75, 3.05) is 19.5 Å². The van der Waals surface area contributed by atoms with Crippen molar-refractivity contribution < 1.29 is 18.7 Å². The standard InChI is InChI=1S/C20H16ClN3O5/c1-27-16-8-17(28-2)14(7-13(16)21)23-18(25)10-24-19-11-5-3-4-6-15(11)29-20(26)12(19)9-22-24/h3-9H,10H2,1-2H3,(H,23,25). The highest BCUT2D eigenvalue weighted by Gasteiger charge is 2.17. The van der Waals surface area contributed by atoms with Crippen molar-refractivity contribution in [3.05, 3.63) is 58.0 Å². The van der Waals surface area contributed by atoms with Crippen LogP contribution < -0.4 is 20.4 Å². The molecule has 2 aromatic carbocycles. The zero-order valence-corrected chi connectivity index (χ0v) is 16.3. The van der Waals surface area contributed by atoms with Gasteiger partial charge in [0.2, 0.25) is 5.91 Å². The number of fused-ring (bicyclic) bond motifs is 3. The highest BCUT2D eigenvalue weighted by atomic mass is 35.5. The van der Waals surface area contributed by atoms with Crippen LogP contribution in [-0.2, 0) is 11.3 Å². The minimum atomic E-state index is -0.506. The topological polar surface area (TPSA) is 95.6 Å². The summed E-state index contributed by atoms with van der Waals surface area (Å²) < 4.78 is 17.2. The zero-order chi connectivity index (χ0) is 20.5. The van der Waals surface area contributed by atoms with Crippen molar-refractivity contribution in [2.24, 2.45) is 0 Å². The predicted molar refractivity (Wildman–Crippen MR) is 109 cm³/mol. The molecule has 0 unspecified atom stereocenters. The van der Waals surface area contributed by atoms with Crippen LogP contribution in [0.25, 0.3) is 21.9 Å². The number of hydrogen-bond donors (Lipinski definition) is 1. The summed E-state index contributed by atoms with van der Waals surface area (Å²) in [5, 5.41) is 8.28. The third-order valence-corrected chi connectivity index (χ3v) is 4.74. The van der Waals surface area contributed by atoms with E-state index in [1.54, 1.807) is 24.3 Å². The summed E-state index contributed by atoms with van der Waals surface area (Å²) in [6, 6.07) is 10.2. The van der Waals surface area contributed by atoms with Crippen molar-refractivity contribution in [2.45, 2.75) is 6.54 Å². The number of rotatable bonds is 5. The van der Waals surface area contributed by atoms with Crippen LogP contribution >= 0.6 is 11.6 Å². The molecule has 0 radical (unpaired) electrons. The first-order valence-corrected chi connectivity index (χ1v) is 8.98. The highest BCUT2D eigenvalue weighted by molar-refractivity contribution is 6.32. The Balaban J connectivity index is 1.69. The second-order valence-electron chi connectivity index (χ2n) is 6.19. The number of carbonyl (C=O) groups excluding carboxylic acids is 1. The van der Waals surface area contributed by atoms with Crippen molar-refractivity contribution in [1.82, 2.24) is 9.78 Å². The van der Waals surface area contributed by atoms with Gasteiger partial charge in [-0.2, -0.15) is 5.10 Å². The van der Waals surface area contributed by atoms with Gasteiger partial charge in [0.15, 0.2) is 0 Å². The van der Waals surface area contributed by atoms with Crippen LogP contribution in [0.3, 0.4) is 0 Å². The number of anilines is 1. The van der Waals surface area contributed by atoms with Gasteiger partial charge in [-0.25, -0.2) is 4.79 Å². The summed E-state index contributed by atoms with van der Waals surface area (Å²) in [5.74, 6) is 0.459. The molecular weight excluding hydrogens is 398 g/mol. The summed E-state index contributed by atoms with van der Waals surface area (Å²) in [7, 11) is 2.97.